The first-order valence-electron chi connectivity index (χ1n) is 8.75. The minimum absolute atomic E-state index is 0.107. The summed E-state index contributed by atoms with van der Waals surface area (Å²) in [7, 11) is -3.76. The van der Waals surface area contributed by atoms with Crippen molar-refractivity contribution in [2.45, 2.75) is 18.4 Å². The third-order valence-electron chi connectivity index (χ3n) is 4.13. The maximum Gasteiger partial charge on any atom is 0.263 e. The SMILES string of the molecule is Cc1cc(S(=O)(=O)Nc2ncns2)ccc1Oc1ccn(Cc2ccc(Cl)cc2)n1. The van der Waals surface area contributed by atoms with Gasteiger partial charge in [0.2, 0.25) is 11.0 Å². The maximum atomic E-state index is 12.5. The second-order valence-corrected chi connectivity index (χ2v) is 9.26. The van der Waals surface area contributed by atoms with Crippen LogP contribution in [-0.2, 0) is 16.6 Å². The van der Waals surface area contributed by atoms with Crippen molar-refractivity contribution in [2.24, 2.45) is 0 Å². The van der Waals surface area contributed by atoms with Gasteiger partial charge in [-0.15, -0.1) is 5.10 Å². The fraction of sp³-hybridized carbons (Fsp3) is 0.105. The zero-order valence-corrected chi connectivity index (χ0v) is 18.1. The van der Waals surface area contributed by atoms with E-state index >= 15 is 0 Å². The van der Waals surface area contributed by atoms with Crippen LogP contribution >= 0.6 is 23.1 Å². The Hall–Kier alpha value is -2.95. The number of hydrogen-bond donors (Lipinski definition) is 1. The summed E-state index contributed by atoms with van der Waals surface area (Å²) in [6, 6.07) is 13.9. The molecule has 4 rings (SSSR count). The average molecular weight is 462 g/mol. The number of nitrogens with one attached hydrogen (secondary N) is 1. The van der Waals surface area contributed by atoms with Gasteiger partial charge in [-0.25, -0.2) is 13.4 Å². The molecule has 2 aromatic carbocycles. The van der Waals surface area contributed by atoms with Gasteiger partial charge in [-0.2, -0.15) is 4.37 Å². The molecule has 154 valence electrons. The molecule has 30 heavy (non-hydrogen) atoms. The Morgan fingerprint density at radius 2 is 1.97 bits per heavy atom. The van der Waals surface area contributed by atoms with Gasteiger partial charge in [0.15, 0.2) is 0 Å². The molecule has 0 radical (unpaired) electrons. The Morgan fingerprint density at radius 3 is 2.67 bits per heavy atom. The Morgan fingerprint density at radius 1 is 1.17 bits per heavy atom. The molecule has 2 heterocycles. The predicted octanol–water partition coefficient (Wildman–Crippen LogP) is 4.34. The van der Waals surface area contributed by atoms with Crippen molar-refractivity contribution in [3.05, 3.63) is 77.2 Å². The first-order chi connectivity index (χ1) is 14.4. The van der Waals surface area contributed by atoms with Crippen LogP contribution in [0.25, 0.3) is 0 Å². The van der Waals surface area contributed by atoms with Gasteiger partial charge in [0.1, 0.15) is 12.1 Å². The van der Waals surface area contributed by atoms with Crippen LogP contribution in [0.3, 0.4) is 0 Å². The monoisotopic (exact) mass is 461 g/mol. The summed E-state index contributed by atoms with van der Waals surface area (Å²) in [5.74, 6) is 0.927. The molecule has 0 fully saturated rings. The molecule has 0 atom stereocenters. The second-order valence-electron chi connectivity index (χ2n) is 6.36. The van der Waals surface area contributed by atoms with Crippen molar-refractivity contribution < 1.29 is 13.2 Å². The van der Waals surface area contributed by atoms with Crippen molar-refractivity contribution in [1.82, 2.24) is 19.1 Å². The lowest BCUT2D eigenvalue weighted by Crippen LogP contribution is -2.13. The Kier molecular flexibility index (Phi) is 5.71. The molecule has 0 saturated heterocycles. The fourth-order valence-electron chi connectivity index (χ4n) is 2.67. The van der Waals surface area contributed by atoms with Gasteiger partial charge < -0.3 is 4.74 Å². The van der Waals surface area contributed by atoms with Gasteiger partial charge >= 0.3 is 0 Å². The molecule has 0 unspecified atom stereocenters. The van der Waals surface area contributed by atoms with Crippen LogP contribution in [0, 0.1) is 6.92 Å². The smallest absolute Gasteiger partial charge is 0.263 e. The van der Waals surface area contributed by atoms with E-state index < -0.39 is 10.0 Å². The van der Waals surface area contributed by atoms with Gasteiger partial charge in [0.05, 0.1) is 11.4 Å². The number of benzene rings is 2. The van der Waals surface area contributed by atoms with E-state index in [9.17, 15) is 8.42 Å². The lowest BCUT2D eigenvalue weighted by molar-refractivity contribution is 0.447. The molecule has 0 spiro atoms. The van der Waals surface area contributed by atoms with Crippen molar-refractivity contribution in [2.75, 3.05) is 4.72 Å². The molecule has 0 amide bonds. The average Bonchev–Trinajstić information content (AvgIpc) is 3.37. The number of anilines is 1. The summed E-state index contributed by atoms with van der Waals surface area (Å²) in [5.41, 5.74) is 1.71. The highest BCUT2D eigenvalue weighted by Crippen LogP contribution is 2.27. The largest absolute Gasteiger partial charge is 0.437 e. The Bertz CT molecular complexity index is 1260. The number of nitrogens with zero attached hydrogens (tertiary/aromatic N) is 4. The molecule has 8 nitrogen and oxygen atoms in total. The van der Waals surface area contributed by atoms with Crippen LogP contribution in [0.15, 0.2) is 66.0 Å². The molecule has 0 aliphatic carbocycles. The minimum Gasteiger partial charge on any atom is -0.437 e. The number of hydrogen-bond acceptors (Lipinski definition) is 7. The molecule has 0 saturated carbocycles. The zero-order chi connectivity index (χ0) is 21.1. The van der Waals surface area contributed by atoms with Gasteiger partial charge in [-0.05, 0) is 48.4 Å². The number of halogens is 1. The number of rotatable bonds is 7. The molecule has 2 aromatic heterocycles. The third-order valence-corrected chi connectivity index (χ3v) is 6.43. The summed E-state index contributed by atoms with van der Waals surface area (Å²) >= 11 is 6.87. The summed E-state index contributed by atoms with van der Waals surface area (Å²) in [6.45, 7) is 2.35. The number of sulfonamides is 1. The van der Waals surface area contributed by atoms with E-state index in [1.807, 2.05) is 30.5 Å². The van der Waals surface area contributed by atoms with E-state index in [1.54, 1.807) is 23.7 Å². The first-order valence-corrected chi connectivity index (χ1v) is 11.4. The predicted molar refractivity (Wildman–Crippen MR) is 115 cm³/mol. The highest BCUT2D eigenvalue weighted by molar-refractivity contribution is 7.93. The van der Waals surface area contributed by atoms with Crippen LogP contribution in [-0.4, -0.2) is 27.6 Å². The lowest BCUT2D eigenvalue weighted by Gasteiger charge is -2.09. The Balaban J connectivity index is 1.46. The molecule has 0 bridgehead atoms. The number of aryl methyl sites for hydroxylation is 1. The van der Waals surface area contributed by atoms with Gasteiger partial charge in [0, 0.05) is 28.8 Å². The van der Waals surface area contributed by atoms with Crippen LogP contribution < -0.4 is 9.46 Å². The van der Waals surface area contributed by atoms with E-state index in [0.29, 0.717) is 28.8 Å². The van der Waals surface area contributed by atoms with Crippen LogP contribution in [0.5, 0.6) is 11.6 Å². The molecule has 0 aliphatic heterocycles. The molecule has 11 heteroatoms. The van der Waals surface area contributed by atoms with Gasteiger partial charge in [0.25, 0.3) is 10.0 Å². The summed E-state index contributed by atoms with van der Waals surface area (Å²) in [6.07, 6.45) is 3.10. The summed E-state index contributed by atoms with van der Waals surface area (Å²) in [5, 5.41) is 5.29. The third kappa shape index (κ3) is 4.78. The van der Waals surface area contributed by atoms with Crippen molar-refractivity contribution in [3.8, 4) is 11.6 Å². The first kappa shape index (κ1) is 20.3. The molecular formula is C19H16ClN5O3S2. The van der Waals surface area contributed by atoms with E-state index in [2.05, 4.69) is 19.2 Å². The highest BCUT2D eigenvalue weighted by Gasteiger charge is 2.17. The molecule has 4 aromatic rings. The second kappa shape index (κ2) is 8.42. The van der Waals surface area contributed by atoms with Crippen molar-refractivity contribution in [3.63, 3.8) is 0 Å². The minimum atomic E-state index is -3.76. The number of ether oxygens (including phenoxy) is 1. The summed E-state index contributed by atoms with van der Waals surface area (Å²) in [4.78, 5) is 3.94. The quantitative estimate of drug-likeness (QED) is 0.439. The zero-order valence-electron chi connectivity index (χ0n) is 15.7. The molecule has 1 N–H and O–H groups in total. The van der Waals surface area contributed by atoms with Crippen LogP contribution in [0.4, 0.5) is 5.13 Å². The topological polar surface area (TPSA) is 99.0 Å². The van der Waals surface area contributed by atoms with Crippen molar-refractivity contribution >= 4 is 38.3 Å². The highest BCUT2D eigenvalue weighted by atomic mass is 35.5. The molecule has 0 aliphatic rings. The Labute approximate surface area is 182 Å². The lowest BCUT2D eigenvalue weighted by atomic mass is 10.2. The van der Waals surface area contributed by atoms with Gasteiger partial charge in [-0.3, -0.25) is 9.40 Å². The van der Waals surface area contributed by atoms with E-state index in [-0.39, 0.29) is 10.0 Å². The van der Waals surface area contributed by atoms with Gasteiger partial charge in [-0.1, -0.05) is 23.7 Å². The summed E-state index contributed by atoms with van der Waals surface area (Å²) < 4.78 is 38.7. The van der Waals surface area contributed by atoms with Crippen molar-refractivity contribution in [1.29, 1.82) is 0 Å². The normalized spacial score (nSPS) is 11.4. The standard InChI is InChI=1S/C19H16ClN5O3S2/c1-13-10-16(30(26,27)24-19-21-12-22-29-19)6-7-17(13)28-18-8-9-25(23-18)11-14-2-4-15(20)5-3-14/h2-10,12H,11H2,1H3,(H,21,22,24). The van der Waals surface area contributed by atoms with Crippen LogP contribution in [0.1, 0.15) is 11.1 Å². The molecular weight excluding hydrogens is 446 g/mol. The van der Waals surface area contributed by atoms with E-state index in [4.69, 9.17) is 16.3 Å². The number of aromatic nitrogens is 4. The maximum absolute atomic E-state index is 12.5. The van der Waals surface area contributed by atoms with E-state index in [0.717, 1.165) is 17.1 Å². The van der Waals surface area contributed by atoms with E-state index in [1.165, 1.54) is 18.5 Å². The fourth-order valence-corrected chi connectivity index (χ4v) is 4.54. The van der Waals surface area contributed by atoms with Crippen LogP contribution in [0.2, 0.25) is 5.02 Å².